The first-order chi connectivity index (χ1) is 8.52. The van der Waals surface area contributed by atoms with Crippen molar-refractivity contribution in [2.24, 2.45) is 0 Å². The lowest BCUT2D eigenvalue weighted by molar-refractivity contribution is -0.175. The average Bonchev–Trinajstić information content (AvgIpc) is 2.33. The summed E-state index contributed by atoms with van der Waals surface area (Å²) >= 11 is 0. The molecular formula is C11H18O7. The molecule has 0 radical (unpaired) electrons. The third-order valence-electron chi connectivity index (χ3n) is 2.67. The van der Waals surface area contributed by atoms with Crippen LogP contribution in [0.5, 0.6) is 0 Å². The van der Waals surface area contributed by atoms with Gasteiger partial charge in [-0.1, -0.05) is 6.92 Å². The van der Waals surface area contributed by atoms with Gasteiger partial charge in [0.25, 0.3) is 0 Å². The monoisotopic (exact) mass is 262 g/mol. The molecule has 7 nitrogen and oxygen atoms in total. The second kappa shape index (κ2) is 7.30. The molecule has 0 amide bonds. The summed E-state index contributed by atoms with van der Waals surface area (Å²) in [6, 6.07) is 0. The van der Waals surface area contributed by atoms with Crippen LogP contribution < -0.4 is 0 Å². The molecule has 0 bridgehead atoms. The fourth-order valence-corrected chi connectivity index (χ4v) is 1.86. The highest BCUT2D eigenvalue weighted by atomic mass is 16.6. The van der Waals surface area contributed by atoms with E-state index in [1.165, 1.54) is 0 Å². The van der Waals surface area contributed by atoms with Crippen molar-refractivity contribution in [2.45, 2.75) is 38.1 Å². The molecule has 1 aliphatic rings. The molecule has 2 N–H and O–H groups in total. The van der Waals surface area contributed by atoms with Crippen LogP contribution in [0.3, 0.4) is 0 Å². The van der Waals surface area contributed by atoms with Gasteiger partial charge in [-0.15, -0.1) is 0 Å². The number of hydrogen-bond donors (Lipinski definition) is 2. The number of carboxylic acid groups (broad SMARTS) is 2. The molecule has 3 atom stereocenters. The van der Waals surface area contributed by atoms with E-state index in [-0.39, 0.29) is 18.3 Å². The molecular weight excluding hydrogens is 244 g/mol. The summed E-state index contributed by atoms with van der Waals surface area (Å²) in [5.41, 5.74) is 0. The summed E-state index contributed by atoms with van der Waals surface area (Å²) in [4.78, 5) is 20.8. The molecule has 0 spiro atoms. The van der Waals surface area contributed by atoms with Crippen LogP contribution in [0.25, 0.3) is 0 Å². The van der Waals surface area contributed by atoms with Gasteiger partial charge in [0.05, 0.1) is 24.9 Å². The Balaban J connectivity index is 2.43. The first-order valence-electron chi connectivity index (χ1n) is 5.81. The summed E-state index contributed by atoms with van der Waals surface area (Å²) in [6.07, 6.45) is 0.227. The van der Waals surface area contributed by atoms with E-state index in [1.54, 1.807) is 0 Å². The zero-order chi connectivity index (χ0) is 13.5. The fraction of sp³-hybridized carbons (Fsp3) is 0.818. The van der Waals surface area contributed by atoms with Crippen LogP contribution in [0.4, 0.5) is 0 Å². The lowest BCUT2D eigenvalue weighted by Crippen LogP contribution is -2.44. The lowest BCUT2D eigenvalue weighted by atomic mass is 10.0. The highest BCUT2D eigenvalue weighted by molar-refractivity contribution is 5.68. The zero-order valence-electron chi connectivity index (χ0n) is 10.2. The van der Waals surface area contributed by atoms with E-state index in [4.69, 9.17) is 24.4 Å². The van der Waals surface area contributed by atoms with Crippen LogP contribution >= 0.6 is 0 Å². The van der Waals surface area contributed by atoms with Gasteiger partial charge in [0.15, 0.2) is 0 Å². The van der Waals surface area contributed by atoms with E-state index in [2.05, 4.69) is 0 Å². The molecule has 0 aromatic heterocycles. The van der Waals surface area contributed by atoms with E-state index in [9.17, 15) is 9.59 Å². The Morgan fingerprint density at radius 3 is 2.39 bits per heavy atom. The Kier molecular flexibility index (Phi) is 6.03. The molecule has 0 saturated carbocycles. The molecule has 0 aromatic rings. The number of carbonyl (C=O) groups is 2. The number of rotatable bonds is 7. The Bertz CT molecular complexity index is 291. The van der Waals surface area contributed by atoms with E-state index in [1.807, 2.05) is 6.92 Å². The lowest BCUT2D eigenvalue weighted by Gasteiger charge is -2.35. The summed E-state index contributed by atoms with van der Waals surface area (Å²) < 4.78 is 15.8. The van der Waals surface area contributed by atoms with Gasteiger partial charge in [-0.05, 0) is 6.42 Å². The van der Waals surface area contributed by atoms with Crippen LogP contribution in [0.1, 0.15) is 19.8 Å². The minimum absolute atomic E-state index is 0.172. The highest BCUT2D eigenvalue weighted by Crippen LogP contribution is 2.22. The van der Waals surface area contributed by atoms with Crippen molar-refractivity contribution in [3.63, 3.8) is 0 Å². The zero-order valence-corrected chi connectivity index (χ0v) is 10.2. The van der Waals surface area contributed by atoms with Crippen molar-refractivity contribution in [1.29, 1.82) is 0 Å². The van der Waals surface area contributed by atoms with Crippen LogP contribution in [0.2, 0.25) is 0 Å². The third-order valence-corrected chi connectivity index (χ3v) is 2.67. The van der Waals surface area contributed by atoms with Crippen molar-refractivity contribution in [3.8, 4) is 0 Å². The topological polar surface area (TPSA) is 102 Å². The van der Waals surface area contributed by atoms with E-state index in [0.29, 0.717) is 19.4 Å². The molecule has 7 heteroatoms. The van der Waals surface area contributed by atoms with Gasteiger partial charge in [-0.2, -0.15) is 0 Å². The quantitative estimate of drug-likeness (QED) is 0.672. The predicted octanol–water partition coefficient (Wildman–Crippen LogP) is 0.125. The van der Waals surface area contributed by atoms with Crippen molar-refractivity contribution in [1.82, 2.24) is 0 Å². The molecule has 1 fully saturated rings. The van der Waals surface area contributed by atoms with Gasteiger partial charge in [0.1, 0.15) is 13.2 Å². The molecule has 0 aliphatic carbocycles. The smallest absolute Gasteiger partial charge is 0.329 e. The first-order valence-corrected chi connectivity index (χ1v) is 5.81. The second-order valence-corrected chi connectivity index (χ2v) is 4.09. The molecule has 1 rings (SSSR count). The molecule has 1 saturated heterocycles. The summed E-state index contributed by atoms with van der Waals surface area (Å²) in [5.74, 6) is -2.09. The number of aliphatic carboxylic acids is 2. The molecule has 1 unspecified atom stereocenters. The SMILES string of the molecule is CC[C@@H]1OC[C@H](OCC(=O)O)CC1OCC(=O)O. The van der Waals surface area contributed by atoms with E-state index < -0.39 is 25.2 Å². The van der Waals surface area contributed by atoms with E-state index in [0.717, 1.165) is 0 Å². The van der Waals surface area contributed by atoms with Gasteiger partial charge >= 0.3 is 11.9 Å². The Morgan fingerprint density at radius 1 is 1.22 bits per heavy atom. The molecule has 1 aliphatic heterocycles. The summed E-state index contributed by atoms with van der Waals surface area (Å²) in [5, 5.41) is 17.1. The van der Waals surface area contributed by atoms with Gasteiger partial charge in [0.2, 0.25) is 0 Å². The fourth-order valence-electron chi connectivity index (χ4n) is 1.86. The standard InChI is InChI=1S/C11H18O7/c1-2-8-9(18-6-11(14)15)3-7(4-17-8)16-5-10(12)13/h7-9H,2-6H2,1H3,(H,12,13)(H,14,15)/t7-,8+,9?/m1/s1. The normalized spacial score (nSPS) is 27.9. The third kappa shape index (κ3) is 4.99. The average molecular weight is 262 g/mol. The summed E-state index contributed by atoms with van der Waals surface area (Å²) in [6.45, 7) is 1.44. The highest BCUT2D eigenvalue weighted by Gasteiger charge is 2.32. The Labute approximate surface area is 105 Å². The molecule has 18 heavy (non-hydrogen) atoms. The van der Waals surface area contributed by atoms with Crippen molar-refractivity contribution >= 4 is 11.9 Å². The minimum Gasteiger partial charge on any atom is -0.480 e. The van der Waals surface area contributed by atoms with Gasteiger partial charge in [-0.25, -0.2) is 9.59 Å². The summed E-state index contributed by atoms with van der Waals surface area (Å²) in [7, 11) is 0. The Morgan fingerprint density at radius 2 is 1.83 bits per heavy atom. The Hall–Kier alpha value is -1.18. The van der Waals surface area contributed by atoms with Crippen LogP contribution in [-0.2, 0) is 23.8 Å². The largest absolute Gasteiger partial charge is 0.480 e. The van der Waals surface area contributed by atoms with Gasteiger partial charge in [-0.3, -0.25) is 0 Å². The van der Waals surface area contributed by atoms with Gasteiger partial charge in [0, 0.05) is 6.42 Å². The maximum Gasteiger partial charge on any atom is 0.329 e. The first kappa shape index (κ1) is 14.9. The van der Waals surface area contributed by atoms with Crippen molar-refractivity contribution in [2.75, 3.05) is 19.8 Å². The maximum atomic E-state index is 10.5. The number of hydrogen-bond acceptors (Lipinski definition) is 5. The van der Waals surface area contributed by atoms with Crippen molar-refractivity contribution < 1.29 is 34.0 Å². The predicted molar refractivity (Wildman–Crippen MR) is 59.4 cm³/mol. The molecule has 104 valence electrons. The van der Waals surface area contributed by atoms with Crippen LogP contribution in [-0.4, -0.2) is 60.3 Å². The van der Waals surface area contributed by atoms with E-state index >= 15 is 0 Å². The van der Waals surface area contributed by atoms with Crippen LogP contribution in [0.15, 0.2) is 0 Å². The van der Waals surface area contributed by atoms with Gasteiger partial charge < -0.3 is 24.4 Å². The maximum absolute atomic E-state index is 10.5. The number of carboxylic acids is 2. The molecule has 1 heterocycles. The second-order valence-electron chi connectivity index (χ2n) is 4.09. The molecule has 0 aromatic carbocycles. The number of ether oxygens (including phenoxy) is 3. The van der Waals surface area contributed by atoms with Crippen molar-refractivity contribution in [3.05, 3.63) is 0 Å². The van der Waals surface area contributed by atoms with Crippen LogP contribution in [0, 0.1) is 0 Å². The minimum atomic E-state index is -1.05.